The maximum atomic E-state index is 13.2. The van der Waals surface area contributed by atoms with Crippen molar-refractivity contribution in [3.63, 3.8) is 0 Å². The molecule has 1 aliphatic carbocycles. The van der Waals surface area contributed by atoms with E-state index < -0.39 is 10.0 Å². The van der Waals surface area contributed by atoms with Crippen molar-refractivity contribution in [1.82, 2.24) is 9.21 Å². The van der Waals surface area contributed by atoms with Crippen molar-refractivity contribution in [2.24, 2.45) is 11.8 Å². The van der Waals surface area contributed by atoms with Crippen molar-refractivity contribution >= 4 is 15.9 Å². The number of ether oxygens (including phenoxy) is 1. The zero-order valence-corrected chi connectivity index (χ0v) is 17.4. The fourth-order valence-corrected chi connectivity index (χ4v) is 6.32. The molecule has 1 amide bonds. The molecule has 2 saturated heterocycles. The second-order valence-electron chi connectivity index (χ2n) is 8.34. The van der Waals surface area contributed by atoms with Gasteiger partial charge in [0, 0.05) is 31.7 Å². The van der Waals surface area contributed by atoms with Gasteiger partial charge in [-0.2, -0.15) is 4.31 Å². The van der Waals surface area contributed by atoms with E-state index in [9.17, 15) is 13.2 Å². The van der Waals surface area contributed by atoms with Gasteiger partial charge in [-0.1, -0.05) is 25.3 Å². The smallest absolute Gasteiger partial charge is 0.254 e. The third-order valence-electron chi connectivity index (χ3n) is 6.63. The number of benzene rings is 1. The summed E-state index contributed by atoms with van der Waals surface area (Å²) in [5.74, 6) is 1.33. The molecule has 1 saturated carbocycles. The lowest BCUT2D eigenvalue weighted by Crippen LogP contribution is -2.45. The number of piperidine rings is 1. The number of carbonyl (C=O) groups excluding carboxylic acids is 1. The molecular weight excluding hydrogens is 376 g/mol. The molecule has 0 bridgehead atoms. The number of nitrogens with zero attached hydrogens (tertiary/aromatic N) is 2. The Labute approximate surface area is 167 Å². The highest BCUT2D eigenvalue weighted by atomic mass is 32.2. The van der Waals surface area contributed by atoms with Crippen LogP contribution in [0.4, 0.5) is 0 Å². The first-order chi connectivity index (χ1) is 13.5. The monoisotopic (exact) mass is 406 g/mol. The Kier molecular flexibility index (Phi) is 5.76. The summed E-state index contributed by atoms with van der Waals surface area (Å²) >= 11 is 0. The number of hydrogen-bond donors (Lipinski definition) is 0. The predicted molar refractivity (Wildman–Crippen MR) is 107 cm³/mol. The summed E-state index contributed by atoms with van der Waals surface area (Å²) in [7, 11) is -3.60. The molecule has 3 fully saturated rings. The molecule has 0 spiro atoms. The zero-order valence-electron chi connectivity index (χ0n) is 16.6. The molecule has 0 radical (unpaired) electrons. The van der Waals surface area contributed by atoms with Crippen LogP contribution in [0.2, 0.25) is 0 Å². The molecule has 0 aromatic heterocycles. The van der Waals surface area contributed by atoms with Crippen molar-refractivity contribution in [2.75, 3.05) is 39.4 Å². The average molecular weight is 407 g/mol. The molecule has 28 heavy (non-hydrogen) atoms. The minimum atomic E-state index is -3.60. The van der Waals surface area contributed by atoms with Crippen molar-refractivity contribution in [1.29, 1.82) is 0 Å². The van der Waals surface area contributed by atoms with Gasteiger partial charge in [-0.3, -0.25) is 4.79 Å². The molecule has 0 unspecified atom stereocenters. The van der Waals surface area contributed by atoms with E-state index in [1.807, 2.05) is 11.8 Å². The third-order valence-corrected chi connectivity index (χ3v) is 8.52. The zero-order chi connectivity index (χ0) is 19.7. The first kappa shape index (κ1) is 19.9. The lowest BCUT2D eigenvalue weighted by molar-refractivity contribution is 0.0520. The predicted octanol–water partition coefficient (Wildman–Crippen LogP) is 2.67. The number of rotatable bonds is 3. The van der Waals surface area contributed by atoms with Crippen LogP contribution in [0.3, 0.4) is 0 Å². The molecule has 1 aromatic carbocycles. The first-order valence-corrected chi connectivity index (χ1v) is 11.9. The van der Waals surface area contributed by atoms with Gasteiger partial charge < -0.3 is 9.64 Å². The molecule has 2 aliphatic heterocycles. The Morgan fingerprint density at radius 1 is 1.04 bits per heavy atom. The fourth-order valence-electron chi connectivity index (χ4n) is 4.88. The number of aryl methyl sites for hydroxylation is 1. The third kappa shape index (κ3) is 3.84. The summed E-state index contributed by atoms with van der Waals surface area (Å²) in [4.78, 5) is 15.4. The van der Waals surface area contributed by atoms with E-state index in [0.29, 0.717) is 37.8 Å². The molecule has 154 valence electrons. The van der Waals surface area contributed by atoms with Crippen LogP contribution in [-0.4, -0.2) is 62.9 Å². The Balaban J connectivity index is 1.56. The number of amides is 1. The van der Waals surface area contributed by atoms with E-state index in [0.717, 1.165) is 31.0 Å². The molecule has 0 N–H and O–H groups in total. The quantitative estimate of drug-likeness (QED) is 0.774. The molecule has 7 heteroatoms. The Bertz CT molecular complexity index is 833. The first-order valence-electron chi connectivity index (χ1n) is 10.4. The van der Waals surface area contributed by atoms with E-state index in [1.54, 1.807) is 18.2 Å². The van der Waals surface area contributed by atoms with Crippen molar-refractivity contribution < 1.29 is 17.9 Å². The second-order valence-corrected chi connectivity index (χ2v) is 10.3. The molecule has 2 heterocycles. The van der Waals surface area contributed by atoms with Gasteiger partial charge in [0.25, 0.3) is 5.91 Å². The van der Waals surface area contributed by atoms with Gasteiger partial charge in [0.15, 0.2) is 0 Å². The summed E-state index contributed by atoms with van der Waals surface area (Å²) in [6.45, 7) is 5.00. The normalized spacial score (nSPS) is 26.7. The van der Waals surface area contributed by atoms with Crippen LogP contribution < -0.4 is 0 Å². The van der Waals surface area contributed by atoms with Gasteiger partial charge in [-0.05, 0) is 49.3 Å². The van der Waals surface area contributed by atoms with Crippen molar-refractivity contribution in [3.05, 3.63) is 29.3 Å². The molecule has 4 rings (SSSR count). The standard InChI is InChI=1S/C21H30N2O4S/c1-16-6-7-19(28(25,26)23-10-12-27-13-11-23)14-20(16)21(24)22-9-8-17-4-2-3-5-18(17)15-22/h6-7,14,17-18H,2-5,8-13,15H2,1H3/t17-,18-/m0/s1. The van der Waals surface area contributed by atoms with Crippen LogP contribution in [0.5, 0.6) is 0 Å². The summed E-state index contributed by atoms with van der Waals surface area (Å²) in [5, 5.41) is 0. The minimum Gasteiger partial charge on any atom is -0.379 e. The summed E-state index contributed by atoms with van der Waals surface area (Å²) in [6, 6.07) is 4.95. The van der Waals surface area contributed by atoms with Crippen LogP contribution in [0.25, 0.3) is 0 Å². The molecule has 2 atom stereocenters. The highest BCUT2D eigenvalue weighted by Gasteiger charge is 2.34. The van der Waals surface area contributed by atoms with Crippen LogP contribution in [0.1, 0.15) is 48.0 Å². The largest absolute Gasteiger partial charge is 0.379 e. The van der Waals surface area contributed by atoms with Gasteiger partial charge in [0.2, 0.25) is 10.0 Å². The van der Waals surface area contributed by atoms with Gasteiger partial charge >= 0.3 is 0 Å². The van der Waals surface area contributed by atoms with E-state index in [1.165, 1.54) is 30.0 Å². The van der Waals surface area contributed by atoms with Crippen LogP contribution >= 0.6 is 0 Å². The Morgan fingerprint density at radius 2 is 1.75 bits per heavy atom. The summed E-state index contributed by atoms with van der Waals surface area (Å²) < 4.78 is 32.7. The van der Waals surface area contributed by atoms with E-state index in [2.05, 4.69) is 0 Å². The molecule has 1 aromatic rings. The maximum absolute atomic E-state index is 13.2. The van der Waals surface area contributed by atoms with E-state index >= 15 is 0 Å². The lowest BCUT2D eigenvalue weighted by Gasteiger charge is -2.41. The Hall–Kier alpha value is -1.44. The molecular formula is C21H30N2O4S. The van der Waals surface area contributed by atoms with Crippen molar-refractivity contribution in [3.8, 4) is 0 Å². The van der Waals surface area contributed by atoms with Crippen molar-refractivity contribution in [2.45, 2.75) is 43.9 Å². The number of likely N-dealkylation sites (tertiary alicyclic amines) is 1. The highest BCUT2D eigenvalue weighted by Crippen LogP contribution is 2.36. The molecule has 3 aliphatic rings. The number of fused-ring (bicyclic) bond motifs is 1. The summed E-state index contributed by atoms with van der Waals surface area (Å²) in [6.07, 6.45) is 6.14. The Morgan fingerprint density at radius 3 is 2.50 bits per heavy atom. The van der Waals surface area contributed by atoms with Gasteiger partial charge in [0.1, 0.15) is 0 Å². The number of carbonyl (C=O) groups is 1. The fraction of sp³-hybridized carbons (Fsp3) is 0.667. The SMILES string of the molecule is Cc1ccc(S(=O)(=O)N2CCOCC2)cc1C(=O)N1CC[C@@H]2CCCC[C@H]2C1. The maximum Gasteiger partial charge on any atom is 0.254 e. The van der Waals surface area contributed by atoms with E-state index in [-0.39, 0.29) is 10.8 Å². The van der Waals surface area contributed by atoms with Gasteiger partial charge in [-0.15, -0.1) is 0 Å². The van der Waals surface area contributed by atoms with Crippen LogP contribution in [0, 0.1) is 18.8 Å². The summed E-state index contributed by atoms with van der Waals surface area (Å²) in [5.41, 5.74) is 1.35. The van der Waals surface area contributed by atoms with Crippen LogP contribution in [-0.2, 0) is 14.8 Å². The van der Waals surface area contributed by atoms with Crippen LogP contribution in [0.15, 0.2) is 23.1 Å². The van der Waals surface area contributed by atoms with Gasteiger partial charge in [0.05, 0.1) is 18.1 Å². The topological polar surface area (TPSA) is 66.9 Å². The second kappa shape index (κ2) is 8.13. The van der Waals surface area contributed by atoms with E-state index in [4.69, 9.17) is 4.74 Å². The average Bonchev–Trinajstić information content (AvgIpc) is 2.73. The number of morpholine rings is 1. The minimum absolute atomic E-state index is 0.0273. The van der Waals surface area contributed by atoms with Gasteiger partial charge in [-0.25, -0.2) is 8.42 Å². The number of sulfonamides is 1. The molecule has 6 nitrogen and oxygen atoms in total. The number of hydrogen-bond acceptors (Lipinski definition) is 4. The lowest BCUT2D eigenvalue weighted by atomic mass is 9.75. The highest BCUT2D eigenvalue weighted by molar-refractivity contribution is 7.89.